The van der Waals surface area contributed by atoms with Gasteiger partial charge in [0.25, 0.3) is 0 Å². The summed E-state index contributed by atoms with van der Waals surface area (Å²) in [7, 11) is 1.90. The first-order valence-electron chi connectivity index (χ1n) is 5.80. The number of rotatable bonds is 2. The van der Waals surface area contributed by atoms with Crippen LogP contribution in [0.15, 0.2) is 47.2 Å². The summed E-state index contributed by atoms with van der Waals surface area (Å²) in [6.45, 7) is 0. The topological polar surface area (TPSA) is 29.3 Å². The van der Waals surface area contributed by atoms with Crippen molar-refractivity contribution in [2.75, 3.05) is 12.4 Å². The third-order valence-corrected chi connectivity index (χ3v) is 3.83. The zero-order valence-corrected chi connectivity index (χ0v) is 12.5. The maximum absolute atomic E-state index is 5.92. The van der Waals surface area contributed by atoms with E-state index in [2.05, 4.69) is 32.3 Å². The van der Waals surface area contributed by atoms with Crippen LogP contribution in [0.4, 0.5) is 5.69 Å². The van der Waals surface area contributed by atoms with Crippen LogP contribution < -0.4 is 5.32 Å². The highest BCUT2D eigenvalue weighted by Crippen LogP contribution is 2.28. The molecule has 3 nitrogen and oxygen atoms in total. The monoisotopic (exact) mass is 335 g/mol. The molecule has 0 radical (unpaired) electrons. The lowest BCUT2D eigenvalue weighted by Gasteiger charge is -2.04. The molecule has 3 rings (SSSR count). The second-order valence-corrected chi connectivity index (χ2v) is 5.34. The number of halogens is 2. The second-order valence-electron chi connectivity index (χ2n) is 4.15. The van der Waals surface area contributed by atoms with Gasteiger partial charge in [-0.1, -0.05) is 11.6 Å². The molecular weight excluding hydrogens is 326 g/mol. The summed E-state index contributed by atoms with van der Waals surface area (Å²) in [5.41, 5.74) is 3.11. The van der Waals surface area contributed by atoms with Gasteiger partial charge in [-0.25, -0.2) is 4.98 Å². The summed E-state index contributed by atoms with van der Waals surface area (Å²) in [6, 6.07) is 11.7. The molecule has 0 aliphatic heterocycles. The molecule has 0 unspecified atom stereocenters. The first-order valence-corrected chi connectivity index (χ1v) is 6.97. The minimum absolute atomic E-state index is 0.723. The van der Waals surface area contributed by atoms with Crippen LogP contribution in [-0.4, -0.2) is 16.4 Å². The fourth-order valence-electron chi connectivity index (χ4n) is 2.01. The van der Waals surface area contributed by atoms with E-state index in [9.17, 15) is 0 Å². The van der Waals surface area contributed by atoms with E-state index in [-0.39, 0.29) is 0 Å². The third kappa shape index (κ3) is 2.22. The van der Waals surface area contributed by atoms with Crippen LogP contribution in [0.1, 0.15) is 0 Å². The highest BCUT2D eigenvalue weighted by molar-refractivity contribution is 9.10. The van der Waals surface area contributed by atoms with Crippen LogP contribution in [0.2, 0.25) is 5.02 Å². The summed E-state index contributed by atoms with van der Waals surface area (Å²) in [5.74, 6) is 0.890. The number of benzene rings is 1. The van der Waals surface area contributed by atoms with Crippen LogP contribution >= 0.6 is 27.5 Å². The third-order valence-electron chi connectivity index (χ3n) is 2.99. The highest BCUT2D eigenvalue weighted by atomic mass is 79.9. The van der Waals surface area contributed by atoms with E-state index < -0.39 is 0 Å². The van der Waals surface area contributed by atoms with E-state index in [0.29, 0.717) is 0 Å². The van der Waals surface area contributed by atoms with Crippen molar-refractivity contribution in [2.45, 2.75) is 0 Å². The molecule has 2 heterocycles. The minimum atomic E-state index is 0.723. The number of nitrogens with one attached hydrogen (secondary N) is 1. The maximum Gasteiger partial charge on any atom is 0.145 e. The number of nitrogens with zero attached hydrogens (tertiary/aromatic N) is 2. The molecule has 0 aliphatic rings. The molecule has 0 atom stereocenters. The molecule has 1 N–H and O–H groups in total. The summed E-state index contributed by atoms with van der Waals surface area (Å²) < 4.78 is 2.88. The Morgan fingerprint density at radius 2 is 1.95 bits per heavy atom. The van der Waals surface area contributed by atoms with E-state index in [1.165, 1.54) is 0 Å². The Kier molecular flexibility index (Phi) is 3.21. The van der Waals surface area contributed by atoms with Gasteiger partial charge < -0.3 is 5.32 Å². The maximum atomic E-state index is 5.92. The van der Waals surface area contributed by atoms with Gasteiger partial charge in [-0.15, -0.1) is 0 Å². The van der Waals surface area contributed by atoms with E-state index >= 15 is 0 Å². The van der Waals surface area contributed by atoms with Crippen molar-refractivity contribution < 1.29 is 0 Å². The number of pyridine rings is 1. The van der Waals surface area contributed by atoms with Crippen LogP contribution in [-0.2, 0) is 0 Å². The Morgan fingerprint density at radius 1 is 1.21 bits per heavy atom. The molecule has 96 valence electrons. The molecule has 5 heteroatoms. The smallest absolute Gasteiger partial charge is 0.145 e. The van der Waals surface area contributed by atoms with Gasteiger partial charge in [0.05, 0.1) is 5.52 Å². The molecule has 1 aromatic carbocycles. The molecule has 0 spiro atoms. The van der Waals surface area contributed by atoms with Gasteiger partial charge in [-0.2, -0.15) is 0 Å². The van der Waals surface area contributed by atoms with Crippen LogP contribution in [0.3, 0.4) is 0 Å². The predicted molar refractivity (Wildman–Crippen MR) is 82.9 cm³/mol. The largest absolute Gasteiger partial charge is 0.388 e. The Bertz CT molecular complexity index is 734. The van der Waals surface area contributed by atoms with E-state index in [1.807, 2.05) is 48.0 Å². The lowest BCUT2D eigenvalue weighted by molar-refractivity contribution is 1.16. The Hall–Kier alpha value is -1.52. The molecule has 0 bridgehead atoms. The lowest BCUT2D eigenvalue weighted by atomic mass is 10.2. The summed E-state index contributed by atoms with van der Waals surface area (Å²) in [6.07, 6.45) is 2.00. The fourth-order valence-corrected chi connectivity index (χ4v) is 2.61. The zero-order chi connectivity index (χ0) is 13.4. The van der Waals surface area contributed by atoms with E-state index in [0.717, 1.165) is 32.2 Å². The molecule has 0 saturated heterocycles. The quantitative estimate of drug-likeness (QED) is 0.748. The van der Waals surface area contributed by atoms with E-state index in [1.54, 1.807) is 0 Å². The van der Waals surface area contributed by atoms with Crippen molar-refractivity contribution in [1.29, 1.82) is 0 Å². The number of fused-ring (bicyclic) bond motifs is 1. The second kappa shape index (κ2) is 4.87. The number of anilines is 1. The fraction of sp³-hybridized carbons (Fsp3) is 0.0714. The van der Waals surface area contributed by atoms with Gasteiger partial charge >= 0.3 is 0 Å². The van der Waals surface area contributed by atoms with Crippen molar-refractivity contribution in [3.8, 4) is 11.4 Å². The molecule has 0 saturated carbocycles. The van der Waals surface area contributed by atoms with E-state index in [4.69, 9.17) is 11.6 Å². The molecule has 0 aliphatic carbocycles. The van der Waals surface area contributed by atoms with Gasteiger partial charge in [-0.3, -0.25) is 4.40 Å². The summed E-state index contributed by atoms with van der Waals surface area (Å²) in [5, 5.41) is 3.85. The predicted octanol–water partition coefficient (Wildman–Crippen LogP) is 4.46. The van der Waals surface area contributed by atoms with Crippen molar-refractivity contribution in [3.05, 3.63) is 52.2 Å². The molecule has 19 heavy (non-hydrogen) atoms. The Labute approximate surface area is 124 Å². The number of hydrogen-bond donors (Lipinski definition) is 1. The van der Waals surface area contributed by atoms with Crippen molar-refractivity contribution in [3.63, 3.8) is 0 Å². The highest BCUT2D eigenvalue weighted by Gasteiger charge is 2.11. The number of imidazole rings is 1. The van der Waals surface area contributed by atoms with Crippen molar-refractivity contribution >= 4 is 38.7 Å². The van der Waals surface area contributed by atoms with Gasteiger partial charge in [0.1, 0.15) is 10.4 Å². The number of aromatic nitrogens is 2. The lowest BCUT2D eigenvalue weighted by Crippen LogP contribution is -1.92. The molecular formula is C14H11BrClN3. The van der Waals surface area contributed by atoms with Crippen LogP contribution in [0.5, 0.6) is 0 Å². The standard InChI is InChI=1S/C14H11BrClN3/c1-17-11-6-7-19-12(8-11)13(15)18-14(19)9-2-4-10(16)5-3-9/h2-8,17H,1H3. The summed E-state index contributed by atoms with van der Waals surface area (Å²) in [4.78, 5) is 4.57. The van der Waals surface area contributed by atoms with Crippen LogP contribution in [0.25, 0.3) is 16.9 Å². The Balaban J connectivity index is 2.22. The van der Waals surface area contributed by atoms with Gasteiger partial charge in [0, 0.05) is 29.5 Å². The molecule has 2 aromatic heterocycles. The first kappa shape index (κ1) is 12.5. The molecule has 3 aromatic rings. The Morgan fingerprint density at radius 3 is 2.63 bits per heavy atom. The van der Waals surface area contributed by atoms with Gasteiger partial charge in [0.15, 0.2) is 0 Å². The molecule has 0 amide bonds. The average molecular weight is 337 g/mol. The van der Waals surface area contributed by atoms with Gasteiger partial charge in [0.2, 0.25) is 0 Å². The SMILES string of the molecule is CNc1ccn2c(-c3ccc(Cl)cc3)nc(Br)c2c1. The number of hydrogen-bond acceptors (Lipinski definition) is 2. The zero-order valence-electron chi connectivity index (χ0n) is 10.2. The first-order chi connectivity index (χ1) is 9.19. The van der Waals surface area contributed by atoms with Crippen molar-refractivity contribution in [1.82, 2.24) is 9.38 Å². The summed E-state index contributed by atoms with van der Waals surface area (Å²) >= 11 is 9.42. The minimum Gasteiger partial charge on any atom is -0.388 e. The van der Waals surface area contributed by atoms with Crippen LogP contribution in [0, 0.1) is 0 Å². The van der Waals surface area contributed by atoms with Crippen molar-refractivity contribution in [2.24, 2.45) is 0 Å². The normalized spacial score (nSPS) is 10.9. The average Bonchev–Trinajstić information content (AvgIpc) is 2.76. The van der Waals surface area contributed by atoms with Gasteiger partial charge in [-0.05, 0) is 52.3 Å². The molecule has 0 fully saturated rings.